The average molecular weight is 463 g/mol. The minimum Gasteiger partial charge on any atom is -0.480 e. The van der Waals surface area contributed by atoms with Crippen molar-refractivity contribution >= 4 is 33.5 Å². The fraction of sp³-hybridized carbons (Fsp3) is 0.917. The van der Waals surface area contributed by atoms with Crippen molar-refractivity contribution in [1.82, 2.24) is 0 Å². The van der Waals surface area contributed by atoms with E-state index in [9.17, 15) is 19.8 Å². The summed E-state index contributed by atoms with van der Waals surface area (Å²) in [5.74, 6) is -1.63. The highest BCUT2D eigenvalue weighted by Crippen LogP contribution is 2.36. The van der Waals surface area contributed by atoms with Crippen LogP contribution in [0.5, 0.6) is 0 Å². The van der Waals surface area contributed by atoms with Crippen molar-refractivity contribution < 1.29 is 19.8 Å². The van der Waals surface area contributed by atoms with Gasteiger partial charge < -0.3 is 10.2 Å². The summed E-state index contributed by atoms with van der Waals surface area (Å²) in [5.41, 5.74) is 0. The Morgan fingerprint density at radius 2 is 0.800 bits per heavy atom. The number of carboxylic acid groups (broad SMARTS) is 2. The van der Waals surface area contributed by atoms with Crippen LogP contribution in [0.25, 0.3) is 0 Å². The zero-order valence-corrected chi connectivity index (χ0v) is 21.0. The van der Waals surface area contributed by atoms with Crippen LogP contribution in [0.2, 0.25) is 0 Å². The maximum atomic E-state index is 11.5. The van der Waals surface area contributed by atoms with E-state index >= 15 is 0 Å². The molecule has 0 radical (unpaired) electrons. The van der Waals surface area contributed by atoms with Crippen LogP contribution in [0.1, 0.15) is 129 Å². The fourth-order valence-corrected chi connectivity index (χ4v) is 6.32. The molecule has 0 amide bonds. The number of carbonyl (C=O) groups is 2. The fourth-order valence-electron chi connectivity index (χ4n) is 3.49. The van der Waals surface area contributed by atoms with Gasteiger partial charge in [0.2, 0.25) is 0 Å². The Kier molecular flexibility index (Phi) is 21.6. The predicted octanol–water partition coefficient (Wildman–Crippen LogP) is 8.34. The highest BCUT2D eigenvalue weighted by atomic mass is 33.1. The van der Waals surface area contributed by atoms with Gasteiger partial charge in [-0.3, -0.25) is 9.59 Å². The Morgan fingerprint density at radius 3 is 1.07 bits per heavy atom. The van der Waals surface area contributed by atoms with Crippen molar-refractivity contribution in [3.8, 4) is 0 Å². The summed E-state index contributed by atoms with van der Waals surface area (Å²) in [5, 5.41) is 17.9. The Labute approximate surface area is 193 Å². The maximum Gasteiger partial charge on any atom is 0.317 e. The topological polar surface area (TPSA) is 74.6 Å². The lowest BCUT2D eigenvalue weighted by molar-refractivity contribution is -0.137. The molecule has 0 fully saturated rings. The smallest absolute Gasteiger partial charge is 0.317 e. The molecular weight excluding hydrogens is 416 g/mol. The largest absolute Gasteiger partial charge is 0.480 e. The standard InChI is InChI=1S/C24H46O4S2/c1-3-5-7-9-11-13-15-17-19-21(23(25)26)29-30-22(24(27)28)20-18-16-14-12-10-8-6-4-2/h21-22H,3-20H2,1-2H3,(H,25,26)(H,27,28). The van der Waals surface area contributed by atoms with E-state index < -0.39 is 22.4 Å². The van der Waals surface area contributed by atoms with Gasteiger partial charge in [0, 0.05) is 0 Å². The lowest BCUT2D eigenvalue weighted by Gasteiger charge is -2.15. The van der Waals surface area contributed by atoms with Crippen LogP contribution < -0.4 is 0 Å². The second-order valence-electron chi connectivity index (χ2n) is 8.37. The van der Waals surface area contributed by atoms with Gasteiger partial charge in [-0.2, -0.15) is 0 Å². The van der Waals surface area contributed by atoms with E-state index in [4.69, 9.17) is 0 Å². The Morgan fingerprint density at radius 1 is 0.533 bits per heavy atom. The van der Waals surface area contributed by atoms with Gasteiger partial charge in [0.15, 0.2) is 0 Å². The molecule has 0 aliphatic rings. The quantitative estimate of drug-likeness (QED) is 0.117. The molecular formula is C24H46O4S2. The zero-order chi connectivity index (χ0) is 22.5. The summed E-state index contributed by atoms with van der Waals surface area (Å²) in [6, 6.07) is 0. The van der Waals surface area contributed by atoms with Crippen LogP contribution in [0, 0.1) is 0 Å². The van der Waals surface area contributed by atoms with Gasteiger partial charge in [-0.05, 0) is 12.8 Å². The third-order valence-corrected chi connectivity index (χ3v) is 8.66. The first kappa shape index (κ1) is 29.6. The van der Waals surface area contributed by atoms with Gasteiger partial charge in [0.05, 0.1) is 0 Å². The first-order valence-electron chi connectivity index (χ1n) is 12.3. The molecule has 0 bridgehead atoms. The summed E-state index contributed by atoms with van der Waals surface area (Å²) in [6.07, 6.45) is 20.3. The van der Waals surface area contributed by atoms with Crippen molar-refractivity contribution in [2.75, 3.05) is 0 Å². The van der Waals surface area contributed by atoms with Gasteiger partial charge in [-0.15, -0.1) is 0 Å². The second-order valence-corrected chi connectivity index (χ2v) is 11.1. The van der Waals surface area contributed by atoms with E-state index in [2.05, 4.69) is 13.8 Å². The molecule has 0 aromatic rings. The molecule has 0 spiro atoms. The molecule has 2 atom stereocenters. The van der Waals surface area contributed by atoms with Crippen molar-refractivity contribution in [3.63, 3.8) is 0 Å². The van der Waals surface area contributed by atoms with Gasteiger partial charge >= 0.3 is 11.9 Å². The molecule has 2 unspecified atom stereocenters. The van der Waals surface area contributed by atoms with Crippen LogP contribution in [0.4, 0.5) is 0 Å². The Bertz CT molecular complexity index is 380. The number of aliphatic carboxylic acids is 2. The van der Waals surface area contributed by atoms with Crippen LogP contribution in [-0.2, 0) is 9.59 Å². The monoisotopic (exact) mass is 462 g/mol. The molecule has 0 aromatic heterocycles. The van der Waals surface area contributed by atoms with E-state index in [0.717, 1.165) is 25.7 Å². The molecule has 0 rings (SSSR count). The molecule has 4 nitrogen and oxygen atoms in total. The van der Waals surface area contributed by atoms with Crippen LogP contribution in [0.15, 0.2) is 0 Å². The first-order valence-corrected chi connectivity index (χ1v) is 14.6. The van der Waals surface area contributed by atoms with E-state index in [0.29, 0.717) is 12.8 Å². The highest BCUT2D eigenvalue weighted by Gasteiger charge is 2.24. The molecule has 2 N–H and O–H groups in total. The summed E-state index contributed by atoms with van der Waals surface area (Å²) in [6.45, 7) is 4.43. The number of hydrogen-bond acceptors (Lipinski definition) is 4. The van der Waals surface area contributed by atoms with Gasteiger partial charge in [0.1, 0.15) is 10.5 Å². The lowest BCUT2D eigenvalue weighted by atomic mass is 10.1. The third kappa shape index (κ3) is 18.4. The summed E-state index contributed by atoms with van der Waals surface area (Å²) >= 11 is 0. The van der Waals surface area contributed by atoms with E-state index in [-0.39, 0.29) is 0 Å². The van der Waals surface area contributed by atoms with Crippen LogP contribution in [-0.4, -0.2) is 32.7 Å². The van der Waals surface area contributed by atoms with Crippen molar-refractivity contribution in [2.45, 2.75) is 140 Å². The average Bonchev–Trinajstić information content (AvgIpc) is 2.71. The van der Waals surface area contributed by atoms with Crippen LogP contribution in [0.3, 0.4) is 0 Å². The molecule has 0 heterocycles. The van der Waals surface area contributed by atoms with Gasteiger partial charge in [-0.1, -0.05) is 138 Å². The molecule has 6 heteroatoms. The number of hydrogen-bond donors (Lipinski definition) is 2. The van der Waals surface area contributed by atoms with Crippen molar-refractivity contribution in [3.05, 3.63) is 0 Å². The molecule has 0 aromatic carbocycles. The lowest BCUT2D eigenvalue weighted by Crippen LogP contribution is -2.19. The minimum absolute atomic E-state index is 0.504. The summed E-state index contributed by atoms with van der Waals surface area (Å²) in [7, 11) is 2.51. The number of carboxylic acids is 2. The summed E-state index contributed by atoms with van der Waals surface area (Å²) in [4.78, 5) is 23.1. The third-order valence-electron chi connectivity index (χ3n) is 5.48. The number of rotatable bonds is 23. The first-order chi connectivity index (χ1) is 14.5. The molecule has 178 valence electrons. The van der Waals surface area contributed by atoms with E-state index in [1.807, 2.05) is 0 Å². The Balaban J connectivity index is 3.97. The maximum absolute atomic E-state index is 11.5. The SMILES string of the molecule is CCCCCCCCCCC(SSC(CCCCCCCCCC)C(=O)O)C(=O)O. The van der Waals surface area contributed by atoms with E-state index in [1.165, 1.54) is 98.6 Å². The van der Waals surface area contributed by atoms with Gasteiger partial charge in [-0.25, -0.2) is 0 Å². The molecule has 0 saturated heterocycles. The van der Waals surface area contributed by atoms with E-state index in [1.54, 1.807) is 0 Å². The minimum atomic E-state index is -0.813. The normalized spacial score (nSPS) is 13.3. The van der Waals surface area contributed by atoms with Gasteiger partial charge in [0.25, 0.3) is 0 Å². The zero-order valence-electron chi connectivity index (χ0n) is 19.4. The highest BCUT2D eigenvalue weighted by molar-refractivity contribution is 8.77. The van der Waals surface area contributed by atoms with Crippen molar-refractivity contribution in [2.24, 2.45) is 0 Å². The molecule has 30 heavy (non-hydrogen) atoms. The molecule has 0 aliphatic carbocycles. The molecule has 0 aliphatic heterocycles. The second kappa shape index (κ2) is 21.9. The Hall–Kier alpha value is -0.360. The van der Waals surface area contributed by atoms with Crippen LogP contribution >= 0.6 is 21.6 Å². The summed E-state index contributed by atoms with van der Waals surface area (Å²) < 4.78 is 0. The predicted molar refractivity (Wildman–Crippen MR) is 132 cm³/mol. The molecule has 0 saturated carbocycles. The number of unbranched alkanes of at least 4 members (excludes halogenated alkanes) is 14. The van der Waals surface area contributed by atoms with Crippen molar-refractivity contribution in [1.29, 1.82) is 0 Å².